The fourth-order valence-electron chi connectivity index (χ4n) is 2.16. The van der Waals surface area contributed by atoms with Crippen LogP contribution in [0.15, 0.2) is 29.2 Å². The van der Waals surface area contributed by atoms with Gasteiger partial charge in [-0.25, -0.2) is 4.79 Å². The fraction of sp³-hybridized carbons (Fsp3) is 0.650. The maximum atomic E-state index is 12.1. The maximum absolute atomic E-state index is 12.1. The summed E-state index contributed by atoms with van der Waals surface area (Å²) in [4.78, 5) is 12.8. The van der Waals surface area contributed by atoms with E-state index in [9.17, 15) is 9.00 Å². The van der Waals surface area contributed by atoms with Crippen molar-refractivity contribution < 1.29 is 18.5 Å². The summed E-state index contributed by atoms with van der Waals surface area (Å²) in [6, 6.07) is 7.50. The molecule has 0 spiro atoms. The van der Waals surface area contributed by atoms with Gasteiger partial charge < -0.3 is 14.8 Å². The topological polar surface area (TPSA) is 64.6 Å². The van der Waals surface area contributed by atoms with E-state index in [1.54, 1.807) is 0 Å². The van der Waals surface area contributed by atoms with Gasteiger partial charge in [0, 0.05) is 10.1 Å². The van der Waals surface area contributed by atoms with E-state index in [2.05, 4.69) is 5.32 Å². The highest BCUT2D eigenvalue weighted by Gasteiger charge is 2.21. The predicted molar refractivity (Wildman–Crippen MR) is 106 cm³/mol. The van der Waals surface area contributed by atoms with Crippen LogP contribution in [0.2, 0.25) is 0 Å². The highest BCUT2D eigenvalue weighted by Crippen LogP contribution is 2.14. The van der Waals surface area contributed by atoms with Gasteiger partial charge >= 0.3 is 6.09 Å². The molecule has 2 atom stereocenters. The molecule has 1 N–H and O–H groups in total. The number of benzene rings is 1. The summed E-state index contributed by atoms with van der Waals surface area (Å²) in [6.45, 7) is 14.3. The molecule has 1 aromatic rings. The van der Waals surface area contributed by atoms with E-state index < -0.39 is 22.5 Å². The van der Waals surface area contributed by atoms with Crippen LogP contribution in [-0.2, 0) is 26.9 Å². The van der Waals surface area contributed by atoms with Gasteiger partial charge in [0.05, 0.1) is 30.1 Å². The Hall–Kier alpha value is -1.40. The Morgan fingerprint density at radius 2 is 1.69 bits per heavy atom. The Bertz CT molecular complexity index is 591. The number of hydrogen-bond acceptors (Lipinski definition) is 4. The number of nitrogens with one attached hydrogen (secondary N) is 1. The first-order valence-electron chi connectivity index (χ1n) is 9.06. The van der Waals surface area contributed by atoms with Crippen molar-refractivity contribution in [3.8, 4) is 0 Å². The van der Waals surface area contributed by atoms with E-state index in [1.165, 1.54) is 0 Å². The third kappa shape index (κ3) is 8.32. The monoisotopic (exact) mass is 383 g/mol. The van der Waals surface area contributed by atoms with Gasteiger partial charge in [-0.15, -0.1) is 0 Å². The lowest BCUT2D eigenvalue weighted by atomic mass is 10.1. The molecule has 0 bridgehead atoms. The zero-order valence-electron chi connectivity index (χ0n) is 17.0. The average Bonchev–Trinajstić information content (AvgIpc) is 2.51. The molecule has 1 rings (SSSR count). The molecular formula is C20H33NO4S. The molecule has 0 aromatic heterocycles. The van der Waals surface area contributed by atoms with Crippen molar-refractivity contribution in [3.63, 3.8) is 0 Å². The summed E-state index contributed by atoms with van der Waals surface area (Å²) >= 11 is 0. The Balaban J connectivity index is 2.52. The van der Waals surface area contributed by atoms with Gasteiger partial charge in [0.1, 0.15) is 5.60 Å². The van der Waals surface area contributed by atoms with Crippen LogP contribution >= 0.6 is 0 Å². The van der Waals surface area contributed by atoms with Gasteiger partial charge in [-0.05, 0) is 44.4 Å². The van der Waals surface area contributed by atoms with Gasteiger partial charge in [0.15, 0.2) is 0 Å². The first kappa shape index (κ1) is 22.6. The number of rotatable bonds is 8. The number of alkyl carbamates (subject to hydrolysis) is 1. The third-order valence-corrected chi connectivity index (χ3v) is 5.25. The summed E-state index contributed by atoms with van der Waals surface area (Å²) in [5.41, 5.74) is 0.485. The number of amides is 1. The summed E-state index contributed by atoms with van der Waals surface area (Å²) < 4.78 is 23.1. The summed E-state index contributed by atoms with van der Waals surface area (Å²) in [6.07, 6.45) is -0.430. The molecule has 0 radical (unpaired) electrons. The first-order valence-corrected chi connectivity index (χ1v) is 10.3. The van der Waals surface area contributed by atoms with Crippen LogP contribution in [0, 0.1) is 5.92 Å². The Morgan fingerprint density at radius 3 is 2.15 bits per heavy atom. The highest BCUT2D eigenvalue weighted by molar-refractivity contribution is 7.85. The van der Waals surface area contributed by atoms with Crippen LogP contribution in [0.4, 0.5) is 4.79 Å². The Kier molecular flexibility index (Phi) is 8.77. The number of hydrogen-bond donors (Lipinski definition) is 1. The normalized spacial score (nSPS) is 14.3. The smallest absolute Gasteiger partial charge is 0.407 e. The molecule has 6 heteroatoms. The van der Waals surface area contributed by atoms with Crippen molar-refractivity contribution in [2.75, 3.05) is 6.61 Å². The molecule has 0 aliphatic rings. The van der Waals surface area contributed by atoms with E-state index in [4.69, 9.17) is 9.47 Å². The minimum absolute atomic E-state index is 0.0998. The average molecular weight is 384 g/mol. The molecule has 0 saturated carbocycles. The molecule has 0 aliphatic carbocycles. The summed E-state index contributed by atoms with van der Waals surface area (Å²) in [5, 5.41) is 2.97. The number of carbonyl (C=O) groups is 1. The molecule has 26 heavy (non-hydrogen) atoms. The molecule has 148 valence electrons. The Labute approximate surface area is 160 Å². The molecule has 1 amide bonds. The van der Waals surface area contributed by atoms with E-state index >= 15 is 0 Å². The van der Waals surface area contributed by atoms with Crippen molar-refractivity contribution in [3.05, 3.63) is 29.8 Å². The summed E-state index contributed by atoms with van der Waals surface area (Å²) in [5.74, 6) is 0.221. The van der Waals surface area contributed by atoms with Crippen LogP contribution in [0.5, 0.6) is 0 Å². The zero-order valence-corrected chi connectivity index (χ0v) is 17.8. The van der Waals surface area contributed by atoms with Gasteiger partial charge in [-0.1, -0.05) is 39.8 Å². The van der Waals surface area contributed by atoms with Crippen LogP contribution in [0.25, 0.3) is 0 Å². The number of ether oxygens (including phenoxy) is 2. The summed E-state index contributed by atoms with van der Waals surface area (Å²) in [7, 11) is -0.980. The van der Waals surface area contributed by atoms with Crippen LogP contribution in [0.3, 0.4) is 0 Å². The van der Waals surface area contributed by atoms with Crippen molar-refractivity contribution in [1.29, 1.82) is 0 Å². The molecule has 0 saturated heterocycles. The highest BCUT2D eigenvalue weighted by atomic mass is 32.2. The molecule has 1 unspecified atom stereocenters. The molecular weight excluding hydrogens is 350 g/mol. The third-order valence-electron chi connectivity index (χ3n) is 3.66. The van der Waals surface area contributed by atoms with Crippen LogP contribution in [0.1, 0.15) is 54.0 Å². The van der Waals surface area contributed by atoms with Gasteiger partial charge in [-0.2, -0.15) is 0 Å². The Morgan fingerprint density at radius 1 is 1.12 bits per heavy atom. The maximum Gasteiger partial charge on any atom is 0.407 e. The van der Waals surface area contributed by atoms with E-state index in [0.29, 0.717) is 13.2 Å². The SMILES string of the molecule is CC(C)[C@@H](COCc1ccc(S(=O)C(C)C)cc1)NC(=O)OC(C)(C)C. The van der Waals surface area contributed by atoms with Crippen LogP contribution < -0.4 is 5.32 Å². The van der Waals surface area contributed by atoms with E-state index in [-0.39, 0.29) is 17.2 Å². The van der Waals surface area contributed by atoms with Crippen molar-refractivity contribution >= 4 is 16.9 Å². The fourth-order valence-corrected chi connectivity index (χ4v) is 3.10. The molecule has 1 aromatic carbocycles. The van der Waals surface area contributed by atoms with Gasteiger partial charge in [0.25, 0.3) is 0 Å². The van der Waals surface area contributed by atoms with E-state index in [1.807, 2.05) is 72.7 Å². The largest absolute Gasteiger partial charge is 0.444 e. The lowest BCUT2D eigenvalue weighted by Crippen LogP contribution is -2.44. The van der Waals surface area contributed by atoms with Gasteiger partial charge in [0.2, 0.25) is 0 Å². The standard InChI is InChI=1S/C20H33NO4S/c1-14(2)18(21-19(22)25-20(5,6)7)13-24-12-16-8-10-17(11-9-16)26(23)15(3)4/h8-11,14-15,18H,12-13H2,1-7H3,(H,21,22)/t18-,26?/m1/s1. The molecule has 0 heterocycles. The second-order valence-electron chi connectivity index (χ2n) is 8.00. The van der Waals surface area contributed by atoms with Gasteiger partial charge in [-0.3, -0.25) is 4.21 Å². The second-order valence-corrected chi connectivity index (χ2v) is 10.0. The molecule has 5 nitrogen and oxygen atoms in total. The predicted octanol–water partition coefficient (Wildman–Crippen LogP) is 4.27. The first-order chi connectivity index (χ1) is 12.0. The minimum atomic E-state index is -0.980. The van der Waals surface area contributed by atoms with Crippen LogP contribution in [-0.4, -0.2) is 33.8 Å². The lowest BCUT2D eigenvalue weighted by Gasteiger charge is -2.25. The van der Waals surface area contributed by atoms with E-state index in [0.717, 1.165) is 10.5 Å². The second kappa shape index (κ2) is 10.1. The van der Waals surface area contributed by atoms with Crippen molar-refractivity contribution in [2.24, 2.45) is 5.92 Å². The quantitative estimate of drug-likeness (QED) is 0.728. The zero-order chi connectivity index (χ0) is 19.9. The van der Waals surface area contributed by atoms with Crippen molar-refractivity contribution in [2.45, 2.75) is 76.9 Å². The molecule has 0 aliphatic heterocycles. The number of carbonyl (C=O) groups excluding carboxylic acids is 1. The lowest BCUT2D eigenvalue weighted by molar-refractivity contribution is 0.0388. The molecule has 0 fully saturated rings. The minimum Gasteiger partial charge on any atom is -0.444 e. The van der Waals surface area contributed by atoms with Crippen molar-refractivity contribution in [1.82, 2.24) is 5.32 Å².